The number of aromatic nitrogens is 2. The Kier molecular flexibility index (Phi) is 5.52. The highest BCUT2D eigenvalue weighted by Gasteiger charge is 2.25. The molecule has 3 aromatic heterocycles. The largest absolute Gasteiger partial charge is 0.464 e. The number of rotatable bonds is 5. The number of morpholine rings is 1. The summed E-state index contributed by atoms with van der Waals surface area (Å²) in [4.78, 5) is 15.0. The van der Waals surface area contributed by atoms with Crippen LogP contribution < -0.4 is 5.32 Å². The molecule has 0 unspecified atom stereocenters. The summed E-state index contributed by atoms with van der Waals surface area (Å²) in [5, 5.41) is 4.88. The number of nitrogens with zero attached hydrogens (tertiary/aromatic N) is 3. The van der Waals surface area contributed by atoms with Gasteiger partial charge in [-0.1, -0.05) is 6.92 Å². The first-order valence-electron chi connectivity index (χ1n) is 11.0. The average molecular weight is 427 g/mol. The van der Waals surface area contributed by atoms with Gasteiger partial charge in [0.1, 0.15) is 28.0 Å². The van der Waals surface area contributed by atoms with Crippen LogP contribution in [0.4, 0.5) is 5.82 Å². The number of thiophene rings is 1. The van der Waals surface area contributed by atoms with Gasteiger partial charge in [-0.05, 0) is 56.7 Å². The quantitative estimate of drug-likeness (QED) is 0.637. The molecular weight excluding hydrogens is 396 g/mol. The van der Waals surface area contributed by atoms with Crippen LogP contribution in [0.2, 0.25) is 0 Å². The van der Waals surface area contributed by atoms with Gasteiger partial charge in [-0.25, -0.2) is 9.97 Å². The van der Waals surface area contributed by atoms with Gasteiger partial charge < -0.3 is 14.5 Å². The lowest BCUT2D eigenvalue weighted by molar-refractivity contribution is 0.0331. The third kappa shape index (κ3) is 3.98. The second kappa shape index (κ2) is 8.29. The molecule has 0 radical (unpaired) electrons. The van der Waals surface area contributed by atoms with Gasteiger partial charge in [-0.2, -0.15) is 0 Å². The standard InChI is InChI=1S/C23H30N4O2S/c1-14-4-6-17-19(12-14)30-23-21(17)22(24-16(3)18-7-5-15(2)29-18)25-20(26-23)13-27-8-10-28-11-9-27/h5,7,14,16H,4,6,8-13H2,1-3H3,(H,24,25,26)/t14-,16-/m1/s1. The minimum absolute atomic E-state index is 0.0473. The Morgan fingerprint density at radius 3 is 2.87 bits per heavy atom. The van der Waals surface area contributed by atoms with E-state index in [0.717, 1.165) is 79.6 Å². The Hall–Kier alpha value is -1.96. The average Bonchev–Trinajstić information content (AvgIpc) is 3.31. The second-order valence-corrected chi connectivity index (χ2v) is 9.81. The van der Waals surface area contributed by atoms with Crippen LogP contribution in [0.1, 0.15) is 54.1 Å². The summed E-state index contributed by atoms with van der Waals surface area (Å²) >= 11 is 1.86. The molecule has 3 aromatic rings. The fraction of sp³-hybridized carbons (Fsp3) is 0.565. The normalized spacial score (nSPS) is 21.0. The Morgan fingerprint density at radius 1 is 1.27 bits per heavy atom. The van der Waals surface area contributed by atoms with Crippen LogP contribution in [0.3, 0.4) is 0 Å². The highest BCUT2D eigenvalue weighted by Crippen LogP contribution is 2.41. The molecule has 0 bridgehead atoms. The molecular formula is C23H30N4O2S. The van der Waals surface area contributed by atoms with Gasteiger partial charge in [0, 0.05) is 18.0 Å². The van der Waals surface area contributed by atoms with Gasteiger partial charge in [0.05, 0.1) is 31.2 Å². The zero-order valence-corrected chi connectivity index (χ0v) is 18.8. The maximum absolute atomic E-state index is 5.86. The zero-order valence-electron chi connectivity index (χ0n) is 18.0. The lowest BCUT2D eigenvalue weighted by Crippen LogP contribution is -2.36. The predicted molar refractivity (Wildman–Crippen MR) is 120 cm³/mol. The van der Waals surface area contributed by atoms with E-state index < -0.39 is 0 Å². The fourth-order valence-corrected chi connectivity index (χ4v) is 5.88. The van der Waals surface area contributed by atoms with E-state index in [2.05, 4.69) is 24.1 Å². The van der Waals surface area contributed by atoms with Crippen molar-refractivity contribution in [3.8, 4) is 0 Å². The van der Waals surface area contributed by atoms with E-state index in [1.165, 1.54) is 22.2 Å². The Morgan fingerprint density at radius 2 is 2.10 bits per heavy atom. The van der Waals surface area contributed by atoms with Gasteiger partial charge in [0.25, 0.3) is 0 Å². The molecule has 1 fully saturated rings. The molecule has 5 rings (SSSR count). The molecule has 0 spiro atoms. The summed E-state index contributed by atoms with van der Waals surface area (Å²) < 4.78 is 11.4. The molecule has 0 aromatic carbocycles. The van der Waals surface area contributed by atoms with Crippen molar-refractivity contribution in [1.82, 2.24) is 14.9 Å². The fourth-order valence-electron chi connectivity index (χ4n) is 4.48. The number of nitrogens with one attached hydrogen (secondary N) is 1. The molecule has 1 aliphatic carbocycles. The van der Waals surface area contributed by atoms with Crippen LogP contribution >= 0.6 is 11.3 Å². The summed E-state index contributed by atoms with van der Waals surface area (Å²) in [5.41, 5.74) is 1.45. The summed E-state index contributed by atoms with van der Waals surface area (Å²) in [7, 11) is 0. The lowest BCUT2D eigenvalue weighted by atomic mass is 9.89. The van der Waals surface area contributed by atoms with Crippen LogP contribution in [0.15, 0.2) is 16.5 Å². The van der Waals surface area contributed by atoms with E-state index in [9.17, 15) is 0 Å². The minimum Gasteiger partial charge on any atom is -0.464 e. The monoisotopic (exact) mass is 426 g/mol. The molecule has 0 amide bonds. The first-order valence-corrected chi connectivity index (χ1v) is 11.8. The van der Waals surface area contributed by atoms with Crippen molar-refractivity contribution in [1.29, 1.82) is 0 Å². The summed E-state index contributed by atoms with van der Waals surface area (Å²) in [5.74, 6) is 4.46. The van der Waals surface area contributed by atoms with Crippen LogP contribution in [0.5, 0.6) is 0 Å². The van der Waals surface area contributed by atoms with Crippen molar-refractivity contribution < 1.29 is 9.15 Å². The topological polar surface area (TPSA) is 63.4 Å². The predicted octanol–water partition coefficient (Wildman–Crippen LogP) is 4.72. The van der Waals surface area contributed by atoms with Crippen molar-refractivity contribution in [3.05, 3.63) is 39.9 Å². The number of hydrogen-bond donors (Lipinski definition) is 1. The van der Waals surface area contributed by atoms with E-state index in [1.807, 2.05) is 30.4 Å². The lowest BCUT2D eigenvalue weighted by Gasteiger charge is -2.26. The van der Waals surface area contributed by atoms with Gasteiger partial charge in [0.15, 0.2) is 0 Å². The van der Waals surface area contributed by atoms with Crippen LogP contribution in [-0.2, 0) is 24.1 Å². The van der Waals surface area contributed by atoms with Gasteiger partial charge in [-0.3, -0.25) is 4.90 Å². The van der Waals surface area contributed by atoms with Crippen molar-refractivity contribution in [2.45, 2.75) is 52.6 Å². The number of aryl methyl sites for hydroxylation is 2. The molecule has 4 heterocycles. The maximum atomic E-state index is 5.86. The Bertz CT molecular complexity index is 1040. The summed E-state index contributed by atoms with van der Waals surface area (Å²) in [6, 6.07) is 4.11. The molecule has 160 valence electrons. The number of ether oxygens (including phenoxy) is 1. The van der Waals surface area contributed by atoms with Gasteiger partial charge in [-0.15, -0.1) is 11.3 Å². The van der Waals surface area contributed by atoms with Crippen molar-refractivity contribution in [2.24, 2.45) is 5.92 Å². The van der Waals surface area contributed by atoms with E-state index in [4.69, 9.17) is 19.1 Å². The van der Waals surface area contributed by atoms with Crippen LogP contribution in [0.25, 0.3) is 10.2 Å². The van der Waals surface area contributed by atoms with Gasteiger partial charge in [0.2, 0.25) is 0 Å². The number of fused-ring (bicyclic) bond motifs is 3. The number of furan rings is 1. The Labute approximate surface area is 181 Å². The Balaban J connectivity index is 1.52. The highest BCUT2D eigenvalue weighted by molar-refractivity contribution is 7.19. The smallest absolute Gasteiger partial charge is 0.146 e. The molecule has 1 N–H and O–H groups in total. The molecule has 1 saturated heterocycles. The first kappa shape index (κ1) is 20.0. The molecule has 1 aliphatic heterocycles. The van der Waals surface area contributed by atoms with E-state index in [-0.39, 0.29) is 6.04 Å². The SMILES string of the molecule is Cc1ccc([C@@H](C)Nc2nc(CN3CCOCC3)nc3sc4c(c23)CC[C@@H](C)C4)o1. The maximum Gasteiger partial charge on any atom is 0.146 e. The van der Waals surface area contributed by atoms with Crippen molar-refractivity contribution in [2.75, 3.05) is 31.6 Å². The van der Waals surface area contributed by atoms with Crippen molar-refractivity contribution >= 4 is 27.4 Å². The summed E-state index contributed by atoms with van der Waals surface area (Å²) in [6.07, 6.45) is 3.51. The number of anilines is 1. The molecule has 0 saturated carbocycles. The van der Waals surface area contributed by atoms with E-state index >= 15 is 0 Å². The minimum atomic E-state index is 0.0473. The molecule has 2 atom stereocenters. The number of hydrogen-bond acceptors (Lipinski definition) is 7. The third-order valence-corrected chi connectivity index (χ3v) is 7.36. The second-order valence-electron chi connectivity index (χ2n) is 8.72. The molecule has 7 heteroatoms. The first-order chi connectivity index (χ1) is 14.6. The molecule has 30 heavy (non-hydrogen) atoms. The van der Waals surface area contributed by atoms with Crippen molar-refractivity contribution in [3.63, 3.8) is 0 Å². The molecule has 2 aliphatic rings. The van der Waals surface area contributed by atoms with Gasteiger partial charge >= 0.3 is 0 Å². The third-order valence-electron chi connectivity index (χ3n) is 6.21. The van der Waals surface area contributed by atoms with E-state index in [0.29, 0.717) is 0 Å². The zero-order chi connectivity index (χ0) is 20.7. The molecule has 6 nitrogen and oxygen atoms in total. The van der Waals surface area contributed by atoms with Crippen LogP contribution in [-0.4, -0.2) is 41.2 Å². The van der Waals surface area contributed by atoms with Crippen LogP contribution in [0, 0.1) is 12.8 Å². The highest BCUT2D eigenvalue weighted by atomic mass is 32.1. The summed E-state index contributed by atoms with van der Waals surface area (Å²) in [6.45, 7) is 10.7. The van der Waals surface area contributed by atoms with E-state index in [1.54, 1.807) is 0 Å².